The number of aromatic nitrogens is 1. The molecule has 0 unspecified atom stereocenters. The van der Waals surface area contributed by atoms with Crippen LogP contribution < -0.4 is 0 Å². The Kier molecular flexibility index (Phi) is 4.78. The monoisotopic (exact) mass is 379 g/mol. The Balaban J connectivity index is 1.72. The summed E-state index contributed by atoms with van der Waals surface area (Å²) in [6.07, 6.45) is 5.05. The predicted octanol–water partition coefficient (Wildman–Crippen LogP) is 5.29. The molecule has 29 heavy (non-hydrogen) atoms. The second kappa shape index (κ2) is 7.41. The van der Waals surface area contributed by atoms with Crippen molar-refractivity contribution < 1.29 is 9.90 Å². The SMILES string of the molecule is CC1(C)CC=C(c2ccccn2)c2cc(C#Cc3ccc(C(=O)O)cc3)ccc21. The Labute approximate surface area is 170 Å². The first-order chi connectivity index (χ1) is 13.9. The summed E-state index contributed by atoms with van der Waals surface area (Å²) in [7, 11) is 0. The summed E-state index contributed by atoms with van der Waals surface area (Å²) < 4.78 is 0. The number of benzene rings is 2. The number of carboxylic acids is 1. The molecule has 3 heteroatoms. The summed E-state index contributed by atoms with van der Waals surface area (Å²) in [5.74, 6) is 5.41. The first kappa shape index (κ1) is 18.7. The third-order valence-electron chi connectivity index (χ3n) is 5.28. The van der Waals surface area contributed by atoms with Gasteiger partial charge in [-0.1, -0.05) is 43.9 Å². The normalized spacial score (nSPS) is 14.2. The zero-order valence-electron chi connectivity index (χ0n) is 16.4. The molecule has 2 aromatic carbocycles. The minimum atomic E-state index is -0.935. The van der Waals surface area contributed by atoms with Gasteiger partial charge in [-0.15, -0.1) is 0 Å². The highest BCUT2D eigenvalue weighted by atomic mass is 16.4. The van der Waals surface area contributed by atoms with Gasteiger partial charge in [-0.3, -0.25) is 4.98 Å². The molecular formula is C26H21NO2. The lowest BCUT2D eigenvalue weighted by molar-refractivity contribution is 0.0697. The molecule has 3 nitrogen and oxygen atoms in total. The molecular weight excluding hydrogens is 358 g/mol. The van der Waals surface area contributed by atoms with Gasteiger partial charge >= 0.3 is 5.97 Å². The molecule has 0 radical (unpaired) electrons. The number of rotatable bonds is 2. The molecule has 0 saturated carbocycles. The van der Waals surface area contributed by atoms with Crippen LogP contribution in [-0.2, 0) is 5.41 Å². The van der Waals surface area contributed by atoms with Crippen molar-refractivity contribution in [1.29, 1.82) is 0 Å². The number of carboxylic acid groups (broad SMARTS) is 1. The van der Waals surface area contributed by atoms with Crippen LogP contribution in [-0.4, -0.2) is 16.1 Å². The van der Waals surface area contributed by atoms with E-state index in [1.807, 2.05) is 24.4 Å². The lowest BCUT2D eigenvalue weighted by atomic mass is 9.72. The zero-order chi connectivity index (χ0) is 20.4. The average Bonchev–Trinajstić information content (AvgIpc) is 2.73. The number of allylic oxidation sites excluding steroid dienone is 1. The fraction of sp³-hybridized carbons (Fsp3) is 0.154. The first-order valence-corrected chi connectivity index (χ1v) is 9.56. The van der Waals surface area contributed by atoms with Crippen LogP contribution in [0.25, 0.3) is 5.57 Å². The Bertz CT molecular complexity index is 1160. The summed E-state index contributed by atoms with van der Waals surface area (Å²) in [6.45, 7) is 4.51. The van der Waals surface area contributed by atoms with E-state index in [1.54, 1.807) is 24.3 Å². The van der Waals surface area contributed by atoms with Gasteiger partial charge in [0.05, 0.1) is 11.3 Å². The van der Waals surface area contributed by atoms with Crippen LogP contribution in [0.1, 0.15) is 58.6 Å². The third-order valence-corrected chi connectivity index (χ3v) is 5.28. The number of pyridine rings is 1. The second-order valence-corrected chi connectivity index (χ2v) is 7.81. The fourth-order valence-electron chi connectivity index (χ4n) is 3.62. The number of hydrogen-bond donors (Lipinski definition) is 1. The van der Waals surface area contributed by atoms with Crippen LogP contribution in [0.4, 0.5) is 0 Å². The Morgan fingerprint density at radius 2 is 1.72 bits per heavy atom. The molecule has 0 spiro atoms. The van der Waals surface area contributed by atoms with Crippen LogP contribution in [0, 0.1) is 11.8 Å². The van der Waals surface area contributed by atoms with Crippen molar-refractivity contribution >= 4 is 11.5 Å². The number of fused-ring (bicyclic) bond motifs is 1. The summed E-state index contributed by atoms with van der Waals surface area (Å²) >= 11 is 0. The van der Waals surface area contributed by atoms with E-state index in [4.69, 9.17) is 5.11 Å². The molecule has 1 aliphatic carbocycles. The number of nitrogens with zero attached hydrogens (tertiary/aromatic N) is 1. The van der Waals surface area contributed by atoms with Gasteiger partial charge in [0.2, 0.25) is 0 Å². The lowest BCUT2D eigenvalue weighted by Crippen LogP contribution is -2.22. The highest BCUT2D eigenvalue weighted by Crippen LogP contribution is 2.41. The van der Waals surface area contributed by atoms with Crippen molar-refractivity contribution in [2.24, 2.45) is 0 Å². The van der Waals surface area contributed by atoms with Crippen LogP contribution in [0.15, 0.2) is 72.9 Å². The molecule has 142 valence electrons. The fourth-order valence-corrected chi connectivity index (χ4v) is 3.62. The van der Waals surface area contributed by atoms with E-state index in [2.05, 4.69) is 54.9 Å². The summed E-state index contributed by atoms with van der Waals surface area (Å²) in [5, 5.41) is 9.01. The predicted molar refractivity (Wildman–Crippen MR) is 115 cm³/mol. The summed E-state index contributed by atoms with van der Waals surface area (Å²) in [4.78, 5) is 15.5. The van der Waals surface area contributed by atoms with Gasteiger partial charge < -0.3 is 5.11 Å². The van der Waals surface area contributed by atoms with Gasteiger partial charge in [0.1, 0.15) is 0 Å². The van der Waals surface area contributed by atoms with E-state index >= 15 is 0 Å². The van der Waals surface area contributed by atoms with Crippen molar-refractivity contribution in [2.45, 2.75) is 25.7 Å². The van der Waals surface area contributed by atoms with Crippen LogP contribution in [0.5, 0.6) is 0 Å². The van der Waals surface area contributed by atoms with Crippen LogP contribution >= 0.6 is 0 Å². The largest absolute Gasteiger partial charge is 0.478 e. The van der Waals surface area contributed by atoms with Crippen molar-refractivity contribution in [3.8, 4) is 11.8 Å². The van der Waals surface area contributed by atoms with Gasteiger partial charge in [-0.05, 0) is 71.5 Å². The molecule has 1 aromatic heterocycles. The standard InChI is InChI=1S/C26H21NO2/c1-26(2)15-14-21(24-5-3-4-16-27-24)22-17-19(10-13-23(22)26)7-6-18-8-11-20(12-9-18)25(28)29/h3-5,8-14,16-17H,15H2,1-2H3,(H,28,29). The van der Waals surface area contributed by atoms with Crippen molar-refractivity contribution in [3.63, 3.8) is 0 Å². The minimum absolute atomic E-state index is 0.0617. The highest BCUT2D eigenvalue weighted by Gasteiger charge is 2.28. The van der Waals surface area contributed by atoms with Crippen LogP contribution in [0.2, 0.25) is 0 Å². The number of carbonyl (C=O) groups is 1. The maximum absolute atomic E-state index is 11.0. The molecule has 0 saturated heterocycles. The second-order valence-electron chi connectivity index (χ2n) is 7.81. The number of aromatic carboxylic acids is 1. The van der Waals surface area contributed by atoms with Gasteiger partial charge in [-0.25, -0.2) is 4.79 Å². The van der Waals surface area contributed by atoms with Gasteiger partial charge in [0.25, 0.3) is 0 Å². The Morgan fingerprint density at radius 1 is 1.00 bits per heavy atom. The molecule has 0 amide bonds. The molecule has 0 aliphatic heterocycles. The van der Waals surface area contributed by atoms with E-state index in [0.717, 1.165) is 28.8 Å². The van der Waals surface area contributed by atoms with E-state index in [-0.39, 0.29) is 11.0 Å². The molecule has 1 aliphatic rings. The Hall–Kier alpha value is -3.64. The molecule has 4 rings (SSSR count). The van der Waals surface area contributed by atoms with Crippen molar-refractivity contribution in [3.05, 3.63) is 106 Å². The maximum atomic E-state index is 11.0. The van der Waals surface area contributed by atoms with Crippen molar-refractivity contribution in [1.82, 2.24) is 4.98 Å². The molecule has 1 heterocycles. The van der Waals surface area contributed by atoms with Gasteiger partial charge in [0, 0.05) is 22.9 Å². The maximum Gasteiger partial charge on any atom is 0.335 e. The molecule has 0 fully saturated rings. The topological polar surface area (TPSA) is 50.2 Å². The number of hydrogen-bond acceptors (Lipinski definition) is 2. The highest BCUT2D eigenvalue weighted by molar-refractivity contribution is 5.87. The lowest BCUT2D eigenvalue weighted by Gasteiger charge is -2.32. The molecule has 3 aromatic rings. The van der Waals surface area contributed by atoms with Crippen LogP contribution in [0.3, 0.4) is 0 Å². The van der Waals surface area contributed by atoms with Gasteiger partial charge in [-0.2, -0.15) is 0 Å². The molecule has 1 N–H and O–H groups in total. The summed E-state index contributed by atoms with van der Waals surface area (Å²) in [5.41, 5.74) is 6.63. The quantitative estimate of drug-likeness (QED) is 0.615. The first-order valence-electron chi connectivity index (χ1n) is 9.56. The zero-order valence-corrected chi connectivity index (χ0v) is 16.4. The van der Waals surface area contributed by atoms with Crippen molar-refractivity contribution in [2.75, 3.05) is 0 Å². The average molecular weight is 379 g/mol. The minimum Gasteiger partial charge on any atom is -0.478 e. The third kappa shape index (κ3) is 3.83. The smallest absolute Gasteiger partial charge is 0.335 e. The Morgan fingerprint density at radius 3 is 2.41 bits per heavy atom. The van der Waals surface area contributed by atoms with E-state index in [9.17, 15) is 4.79 Å². The molecule has 0 atom stereocenters. The molecule has 0 bridgehead atoms. The summed E-state index contributed by atoms with van der Waals surface area (Å²) in [6, 6.07) is 18.9. The van der Waals surface area contributed by atoms with Gasteiger partial charge in [0.15, 0.2) is 0 Å². The van der Waals surface area contributed by atoms with E-state index in [0.29, 0.717) is 0 Å². The van der Waals surface area contributed by atoms with E-state index in [1.165, 1.54) is 11.1 Å². The van der Waals surface area contributed by atoms with E-state index < -0.39 is 5.97 Å².